The van der Waals surface area contributed by atoms with Gasteiger partial charge in [-0.3, -0.25) is 19.8 Å². The van der Waals surface area contributed by atoms with Crippen LogP contribution in [0.25, 0.3) is 11.0 Å². The van der Waals surface area contributed by atoms with Crippen molar-refractivity contribution in [2.45, 2.75) is 105 Å². The van der Waals surface area contributed by atoms with Gasteiger partial charge in [-0.15, -0.1) is 0 Å². The first kappa shape index (κ1) is 44.2. The molecule has 69 heavy (non-hydrogen) atoms. The number of hydrogen-bond donors (Lipinski definition) is 4. The number of aromatic amines is 1. The van der Waals surface area contributed by atoms with Crippen LogP contribution >= 0.6 is 0 Å². The first-order valence-electron chi connectivity index (χ1n) is 24.2. The van der Waals surface area contributed by atoms with E-state index >= 15 is 8.42 Å². The van der Waals surface area contributed by atoms with Gasteiger partial charge >= 0.3 is 0 Å². The van der Waals surface area contributed by atoms with Gasteiger partial charge in [0.25, 0.3) is 11.6 Å². The van der Waals surface area contributed by atoms with Crippen molar-refractivity contribution in [3.05, 3.63) is 93.7 Å². The molecule has 19 heteroatoms. The molecule has 18 nitrogen and oxygen atoms in total. The first-order valence-corrected chi connectivity index (χ1v) is 25.7. The average molecular weight is 960 g/mol. The van der Waals surface area contributed by atoms with Crippen LogP contribution in [-0.4, -0.2) is 123 Å². The Morgan fingerprint density at radius 2 is 1.81 bits per heavy atom. The number of piperidine rings is 1. The number of sulfone groups is 1. The van der Waals surface area contributed by atoms with Gasteiger partial charge in [0.15, 0.2) is 11.4 Å². The number of morpholine rings is 1. The quantitative estimate of drug-likeness (QED) is 0.0963. The predicted molar refractivity (Wildman–Crippen MR) is 258 cm³/mol. The minimum absolute atomic E-state index is 0.0208. The van der Waals surface area contributed by atoms with Crippen LogP contribution in [0.3, 0.4) is 0 Å². The summed E-state index contributed by atoms with van der Waals surface area (Å²) < 4.78 is 56.8. The minimum atomic E-state index is -4.78. The third-order valence-electron chi connectivity index (χ3n) is 16.0. The van der Waals surface area contributed by atoms with Gasteiger partial charge in [0.1, 0.15) is 28.9 Å². The molecule has 1 aliphatic carbocycles. The lowest BCUT2D eigenvalue weighted by Crippen LogP contribution is -2.55. The molecule has 2 aromatic heterocycles. The Morgan fingerprint density at radius 1 is 0.986 bits per heavy atom. The fourth-order valence-electron chi connectivity index (χ4n) is 12.4. The molecule has 6 atom stereocenters. The fourth-order valence-corrected chi connectivity index (χ4v) is 14.1. The number of anilines is 4. The Bertz CT molecular complexity index is 2980. The van der Waals surface area contributed by atoms with Crippen LogP contribution in [0.1, 0.15) is 73.0 Å². The van der Waals surface area contributed by atoms with E-state index in [0.717, 1.165) is 50.1 Å². The number of ether oxygens (including phenoxy) is 4. The van der Waals surface area contributed by atoms with Crippen molar-refractivity contribution in [3.8, 4) is 11.6 Å². The van der Waals surface area contributed by atoms with E-state index in [-0.39, 0.29) is 75.7 Å². The van der Waals surface area contributed by atoms with Crippen molar-refractivity contribution in [3.63, 3.8) is 0 Å². The second kappa shape index (κ2) is 16.9. The summed E-state index contributed by atoms with van der Waals surface area (Å²) in [6.07, 6.45) is 7.00. The molecule has 1 spiro atoms. The predicted octanol–water partition coefficient (Wildman–Crippen LogP) is 6.15. The zero-order valence-corrected chi connectivity index (χ0v) is 39.5. The van der Waals surface area contributed by atoms with E-state index in [4.69, 9.17) is 29.7 Å². The molecular weight excluding hydrogens is 903 g/mol. The maximum Gasteiger partial charge on any atom is 0.297 e. The third kappa shape index (κ3) is 7.46. The van der Waals surface area contributed by atoms with E-state index < -0.39 is 44.5 Å². The summed E-state index contributed by atoms with van der Waals surface area (Å²) in [5.41, 5.74) is 10.1. The Labute approximate surface area is 399 Å². The number of nitrogens with one attached hydrogen (secondary N) is 3. The van der Waals surface area contributed by atoms with Gasteiger partial charge in [0, 0.05) is 61.5 Å². The number of fused-ring (bicyclic) bond motifs is 4. The number of amides is 1. The molecule has 4 saturated heterocycles. The van der Waals surface area contributed by atoms with E-state index in [9.17, 15) is 14.9 Å². The van der Waals surface area contributed by atoms with Crippen LogP contribution in [0.5, 0.6) is 11.6 Å². The van der Waals surface area contributed by atoms with Crippen LogP contribution in [-0.2, 0) is 19.3 Å². The summed E-state index contributed by atoms with van der Waals surface area (Å²) in [6.45, 7) is 7.80. The number of nitro groups is 1. The van der Waals surface area contributed by atoms with Gasteiger partial charge in [-0.2, -0.15) is 4.98 Å². The van der Waals surface area contributed by atoms with Crippen LogP contribution in [0.2, 0.25) is 0 Å². The van der Waals surface area contributed by atoms with Crippen LogP contribution in [0.4, 0.5) is 28.4 Å². The standard InChI is InChI=1S/C50H57N9O9S/c1-28-6-3-4-7-33(28)36-8-5-15-57(36)31-21-50(22-31)12-16-56(17-13-50)37-10-9-34(47(51)60)45(58-39-18-30-11-14-52-48(30)55-49(39)68-43-27-65-26-40(43)58)46(37)69(63,64)32-19-38(59(61)62)44-41(20-32)67-25-35(54-44)42-23-53-29(2)24-66-42/h3-4,6-7,9-11,14,18-20,29,31,35-36,40,42-43,53-54H,5,8,12-13,15-17,21-27H2,1-2H3,(H2,51,60)(H,52,55)/t29-,35-,36+,40+,42-,43+/m1/s1. The molecule has 0 bridgehead atoms. The van der Waals surface area contributed by atoms with Crippen molar-refractivity contribution in [2.24, 2.45) is 11.1 Å². The molecule has 8 heterocycles. The van der Waals surface area contributed by atoms with Crippen molar-refractivity contribution >= 4 is 55.2 Å². The number of nitrogens with zero attached hydrogens (tertiary/aromatic N) is 5. The summed E-state index contributed by atoms with van der Waals surface area (Å²) >= 11 is 0. The van der Waals surface area contributed by atoms with Gasteiger partial charge in [-0.05, 0) is 99.7 Å². The van der Waals surface area contributed by atoms with Crippen molar-refractivity contribution in [2.75, 3.05) is 67.7 Å². The van der Waals surface area contributed by atoms with Crippen LogP contribution < -0.4 is 35.6 Å². The van der Waals surface area contributed by atoms with E-state index in [2.05, 4.69) is 56.6 Å². The topological polar surface area (TPSA) is 220 Å². The number of aromatic nitrogens is 2. The van der Waals surface area contributed by atoms with Crippen molar-refractivity contribution < 1.29 is 37.1 Å². The van der Waals surface area contributed by atoms with Crippen LogP contribution in [0.15, 0.2) is 76.7 Å². The molecule has 5 aromatic rings. The van der Waals surface area contributed by atoms with E-state index in [1.165, 1.54) is 23.6 Å². The lowest BCUT2D eigenvalue weighted by molar-refractivity contribution is -0.384. The van der Waals surface area contributed by atoms with Crippen LogP contribution in [0, 0.1) is 22.5 Å². The molecule has 6 aliphatic heterocycles. The number of nitro benzene ring substituents is 1. The third-order valence-corrected chi connectivity index (χ3v) is 17.8. The SMILES string of the molecule is Cc1ccccc1[C@@H]1CCCN1C1CC2(CCN(c3ccc(C(N)=O)c(N4c5cc6cc[nH]c6nc5O[C@H]5COC[C@@H]54)c3S(=O)(=O)c3cc4c(c([N+](=O)[O-])c3)N[C@@H]([C@H]3CN[C@H](C)CO3)CO4)CC2)C1. The second-order valence-electron chi connectivity index (χ2n) is 20.2. The summed E-state index contributed by atoms with van der Waals surface area (Å²) in [7, 11) is -4.78. The highest BCUT2D eigenvalue weighted by atomic mass is 32.2. The van der Waals surface area contributed by atoms with Gasteiger partial charge in [-0.25, -0.2) is 8.42 Å². The molecule has 3 aromatic carbocycles. The number of H-pyrrole nitrogens is 1. The molecule has 1 saturated carbocycles. The van der Waals surface area contributed by atoms with Gasteiger partial charge in [0.05, 0.1) is 64.8 Å². The molecule has 362 valence electrons. The highest BCUT2D eigenvalue weighted by Gasteiger charge is 2.51. The molecule has 7 aliphatic rings. The number of likely N-dealkylation sites (tertiary alicyclic amines) is 1. The Balaban J connectivity index is 0.949. The summed E-state index contributed by atoms with van der Waals surface area (Å²) in [6, 6.07) is 18.1. The number of carbonyl (C=O) groups excluding carboxylic acids is 1. The zero-order chi connectivity index (χ0) is 47.3. The van der Waals surface area contributed by atoms with Gasteiger partial charge in [-0.1, -0.05) is 24.3 Å². The molecule has 1 amide bonds. The lowest BCUT2D eigenvalue weighted by atomic mass is 9.59. The number of carbonyl (C=O) groups is 1. The Morgan fingerprint density at radius 3 is 2.58 bits per heavy atom. The minimum Gasteiger partial charge on any atom is -0.489 e. The maximum absolute atomic E-state index is 16.0. The first-order chi connectivity index (χ1) is 33.4. The zero-order valence-electron chi connectivity index (χ0n) is 38.7. The summed E-state index contributed by atoms with van der Waals surface area (Å²) in [5, 5.41) is 20.4. The Hall–Kier alpha value is -5.99. The Kier molecular flexibility index (Phi) is 10.8. The largest absolute Gasteiger partial charge is 0.489 e. The van der Waals surface area contributed by atoms with Gasteiger partial charge < -0.3 is 50.1 Å². The number of rotatable bonds is 9. The highest BCUT2D eigenvalue weighted by molar-refractivity contribution is 7.91. The average Bonchev–Trinajstić information content (AvgIpc) is 4.13. The number of aryl methyl sites for hydroxylation is 1. The van der Waals surface area contributed by atoms with E-state index in [1.54, 1.807) is 23.2 Å². The van der Waals surface area contributed by atoms with Crippen molar-refractivity contribution in [1.29, 1.82) is 0 Å². The number of primary amides is 1. The fraction of sp³-hybridized carbons (Fsp3) is 0.480. The maximum atomic E-state index is 16.0. The summed E-state index contributed by atoms with van der Waals surface area (Å²) in [4.78, 5) is 40.2. The second-order valence-corrected chi connectivity index (χ2v) is 22.0. The number of nitrogens with two attached hydrogens (primary N) is 1. The molecule has 5 N–H and O–H groups in total. The van der Waals surface area contributed by atoms with E-state index in [1.807, 2.05) is 19.1 Å². The summed E-state index contributed by atoms with van der Waals surface area (Å²) in [5.74, 6) is -0.597. The molecule has 0 radical (unpaired) electrons. The number of pyridine rings is 1. The number of hydrogen-bond acceptors (Lipinski definition) is 15. The lowest BCUT2D eigenvalue weighted by Gasteiger charge is -2.56. The monoisotopic (exact) mass is 959 g/mol. The van der Waals surface area contributed by atoms with Crippen molar-refractivity contribution in [1.82, 2.24) is 20.2 Å². The molecule has 0 unspecified atom stereocenters. The van der Waals surface area contributed by atoms with E-state index in [0.29, 0.717) is 55.3 Å². The molecular formula is C50H57N9O9S. The smallest absolute Gasteiger partial charge is 0.297 e. The number of benzene rings is 3. The molecule has 12 rings (SSSR count). The highest BCUT2D eigenvalue weighted by Crippen LogP contribution is 2.56. The molecule has 5 fully saturated rings. The van der Waals surface area contributed by atoms with Gasteiger partial charge in [0.2, 0.25) is 15.7 Å². The normalized spacial score (nSPS) is 26.6.